The minimum absolute atomic E-state index is 0.381. The van der Waals surface area contributed by atoms with E-state index in [1.54, 1.807) is 0 Å². The lowest BCUT2D eigenvalue weighted by atomic mass is 9.86. The van der Waals surface area contributed by atoms with Gasteiger partial charge in [-0.3, -0.25) is 4.90 Å². The minimum atomic E-state index is -0.395. The summed E-state index contributed by atoms with van der Waals surface area (Å²) in [6, 6.07) is 11.3. The quantitative estimate of drug-likeness (QED) is 0.883. The number of piperidine rings is 1. The van der Waals surface area contributed by atoms with Gasteiger partial charge in [-0.2, -0.15) is 5.26 Å². The van der Waals surface area contributed by atoms with Crippen LogP contribution in [0.2, 0.25) is 0 Å². The molecule has 2 unspecified atom stereocenters. The molecule has 1 N–H and O–H groups in total. The molecule has 1 aromatic rings. The van der Waals surface area contributed by atoms with Crippen LogP contribution in [0.15, 0.2) is 24.3 Å². The summed E-state index contributed by atoms with van der Waals surface area (Å²) in [5, 5.41) is 13.3. The van der Waals surface area contributed by atoms with Gasteiger partial charge in [0.05, 0.1) is 6.07 Å². The van der Waals surface area contributed by atoms with Gasteiger partial charge in [0.25, 0.3) is 0 Å². The van der Waals surface area contributed by atoms with Crippen LogP contribution < -0.4 is 5.32 Å². The molecule has 0 amide bonds. The van der Waals surface area contributed by atoms with Crippen molar-refractivity contribution in [3.8, 4) is 6.07 Å². The Hall–Kier alpha value is -1.53. The zero-order valence-electron chi connectivity index (χ0n) is 11.5. The number of rotatable bonds is 2. The lowest BCUT2D eigenvalue weighted by Gasteiger charge is -2.37. The van der Waals surface area contributed by atoms with E-state index >= 15 is 0 Å². The number of anilines is 1. The molecule has 100 valence electrons. The molecular weight excluding hydrogens is 234 g/mol. The molecule has 0 aromatic heterocycles. The highest BCUT2D eigenvalue weighted by Gasteiger charge is 2.48. The molecule has 3 nitrogen and oxygen atoms in total. The van der Waals surface area contributed by atoms with Crippen LogP contribution in [0.4, 0.5) is 5.69 Å². The van der Waals surface area contributed by atoms with E-state index in [2.05, 4.69) is 47.5 Å². The molecule has 0 bridgehead atoms. The molecule has 0 radical (unpaired) electrons. The van der Waals surface area contributed by atoms with Crippen LogP contribution in [0.25, 0.3) is 0 Å². The number of aryl methyl sites for hydroxylation is 1. The van der Waals surface area contributed by atoms with Crippen LogP contribution in [-0.2, 0) is 0 Å². The number of fused-ring (bicyclic) bond motifs is 1. The summed E-state index contributed by atoms with van der Waals surface area (Å²) in [5.74, 6) is 0. The number of benzene rings is 1. The Bertz CT molecular complexity index is 505. The Labute approximate surface area is 115 Å². The first-order valence-corrected chi connectivity index (χ1v) is 7.24. The van der Waals surface area contributed by atoms with E-state index < -0.39 is 5.54 Å². The third-order valence-corrected chi connectivity index (χ3v) is 4.56. The van der Waals surface area contributed by atoms with Crippen LogP contribution in [0.5, 0.6) is 0 Å². The molecule has 2 fully saturated rings. The van der Waals surface area contributed by atoms with Gasteiger partial charge < -0.3 is 5.32 Å². The van der Waals surface area contributed by atoms with Gasteiger partial charge in [-0.05, 0) is 50.4 Å². The molecule has 2 atom stereocenters. The van der Waals surface area contributed by atoms with E-state index in [1.165, 1.54) is 18.4 Å². The molecule has 2 aliphatic heterocycles. The summed E-state index contributed by atoms with van der Waals surface area (Å²) in [6.07, 6.45) is 4.61. The topological polar surface area (TPSA) is 39.1 Å². The number of hydrogen-bond donors (Lipinski definition) is 1. The number of hydrogen-bond acceptors (Lipinski definition) is 3. The van der Waals surface area contributed by atoms with Crippen LogP contribution in [0.3, 0.4) is 0 Å². The van der Waals surface area contributed by atoms with E-state index in [4.69, 9.17) is 0 Å². The molecule has 2 heterocycles. The van der Waals surface area contributed by atoms with Crippen molar-refractivity contribution < 1.29 is 0 Å². The zero-order chi connectivity index (χ0) is 13.3. The van der Waals surface area contributed by atoms with E-state index in [1.807, 2.05) is 0 Å². The summed E-state index contributed by atoms with van der Waals surface area (Å²) in [5.41, 5.74) is 1.92. The van der Waals surface area contributed by atoms with Crippen molar-refractivity contribution in [3.63, 3.8) is 0 Å². The summed E-state index contributed by atoms with van der Waals surface area (Å²) in [6.45, 7) is 4.30. The van der Waals surface area contributed by atoms with Gasteiger partial charge in [0, 0.05) is 18.3 Å². The summed E-state index contributed by atoms with van der Waals surface area (Å²) < 4.78 is 0. The standard InChI is InChI=1S/C16H21N3/c1-13-5-4-6-14(11-13)18-16(12-17)8-10-19-9-3-2-7-15(16)19/h4-6,11,15,18H,2-3,7-10H2,1H3. The van der Waals surface area contributed by atoms with Crippen LogP contribution in [0.1, 0.15) is 31.2 Å². The highest BCUT2D eigenvalue weighted by Crippen LogP contribution is 2.37. The third kappa shape index (κ3) is 2.21. The van der Waals surface area contributed by atoms with Crippen LogP contribution in [-0.4, -0.2) is 29.6 Å². The second-order valence-electron chi connectivity index (χ2n) is 5.88. The third-order valence-electron chi connectivity index (χ3n) is 4.56. The van der Waals surface area contributed by atoms with E-state index in [0.717, 1.165) is 31.6 Å². The smallest absolute Gasteiger partial charge is 0.142 e. The first kappa shape index (κ1) is 12.5. The normalized spacial score (nSPS) is 30.6. The monoisotopic (exact) mass is 255 g/mol. The lowest BCUT2D eigenvalue weighted by Crippen LogP contribution is -2.50. The number of nitriles is 1. The Morgan fingerprint density at radius 3 is 3.05 bits per heavy atom. The highest BCUT2D eigenvalue weighted by atomic mass is 15.3. The molecule has 3 heteroatoms. The zero-order valence-corrected chi connectivity index (χ0v) is 11.5. The number of nitrogens with zero attached hydrogens (tertiary/aromatic N) is 2. The fourth-order valence-corrected chi connectivity index (χ4v) is 3.59. The van der Waals surface area contributed by atoms with Gasteiger partial charge in [-0.15, -0.1) is 0 Å². The van der Waals surface area contributed by atoms with Crippen molar-refractivity contribution in [1.29, 1.82) is 5.26 Å². The minimum Gasteiger partial charge on any atom is -0.366 e. The Kier molecular flexibility index (Phi) is 3.20. The lowest BCUT2D eigenvalue weighted by molar-refractivity contribution is 0.180. The van der Waals surface area contributed by atoms with Gasteiger partial charge in [-0.25, -0.2) is 0 Å². The van der Waals surface area contributed by atoms with Gasteiger partial charge in [0.15, 0.2) is 0 Å². The Balaban J connectivity index is 1.86. The van der Waals surface area contributed by atoms with Crippen molar-refractivity contribution in [2.75, 3.05) is 18.4 Å². The van der Waals surface area contributed by atoms with Crippen LogP contribution in [0, 0.1) is 18.3 Å². The fourth-order valence-electron chi connectivity index (χ4n) is 3.59. The summed E-state index contributed by atoms with van der Waals surface area (Å²) >= 11 is 0. The second-order valence-corrected chi connectivity index (χ2v) is 5.88. The van der Waals surface area contributed by atoms with Gasteiger partial charge in [0.1, 0.15) is 5.54 Å². The predicted octanol–water partition coefficient (Wildman–Crippen LogP) is 2.93. The van der Waals surface area contributed by atoms with Gasteiger partial charge in [-0.1, -0.05) is 18.6 Å². The Morgan fingerprint density at radius 1 is 1.37 bits per heavy atom. The molecule has 2 aliphatic rings. The molecule has 19 heavy (non-hydrogen) atoms. The van der Waals surface area contributed by atoms with E-state index in [0.29, 0.717) is 6.04 Å². The van der Waals surface area contributed by atoms with Crippen molar-refractivity contribution in [2.45, 2.75) is 44.2 Å². The largest absolute Gasteiger partial charge is 0.366 e. The SMILES string of the molecule is Cc1cccc(NC2(C#N)CCN3CCCCC32)c1. The Morgan fingerprint density at radius 2 is 2.26 bits per heavy atom. The van der Waals surface area contributed by atoms with Crippen LogP contribution >= 0.6 is 0 Å². The highest BCUT2D eigenvalue weighted by molar-refractivity contribution is 5.51. The molecular formula is C16H21N3. The van der Waals surface area contributed by atoms with Crippen molar-refractivity contribution >= 4 is 5.69 Å². The average molecular weight is 255 g/mol. The van der Waals surface area contributed by atoms with E-state index in [9.17, 15) is 5.26 Å². The van der Waals surface area contributed by atoms with Crippen molar-refractivity contribution in [1.82, 2.24) is 4.90 Å². The summed E-state index contributed by atoms with van der Waals surface area (Å²) in [7, 11) is 0. The predicted molar refractivity (Wildman–Crippen MR) is 77.0 cm³/mol. The molecule has 0 spiro atoms. The summed E-state index contributed by atoms with van der Waals surface area (Å²) in [4.78, 5) is 2.50. The fraction of sp³-hybridized carbons (Fsp3) is 0.562. The van der Waals surface area contributed by atoms with Crippen molar-refractivity contribution in [2.24, 2.45) is 0 Å². The van der Waals surface area contributed by atoms with Gasteiger partial charge >= 0.3 is 0 Å². The first-order valence-electron chi connectivity index (χ1n) is 7.24. The molecule has 0 saturated carbocycles. The van der Waals surface area contributed by atoms with Crippen molar-refractivity contribution in [3.05, 3.63) is 29.8 Å². The number of nitrogens with one attached hydrogen (secondary N) is 1. The molecule has 3 rings (SSSR count). The maximum atomic E-state index is 9.75. The molecule has 1 aromatic carbocycles. The maximum Gasteiger partial charge on any atom is 0.142 e. The second kappa shape index (κ2) is 4.86. The van der Waals surface area contributed by atoms with E-state index in [-0.39, 0.29) is 0 Å². The average Bonchev–Trinajstić information content (AvgIpc) is 2.79. The molecule has 2 saturated heterocycles. The molecule has 0 aliphatic carbocycles. The first-order chi connectivity index (χ1) is 9.23. The van der Waals surface area contributed by atoms with Gasteiger partial charge in [0.2, 0.25) is 0 Å². The maximum absolute atomic E-state index is 9.75.